The van der Waals surface area contributed by atoms with Crippen LogP contribution in [-0.4, -0.2) is 29.1 Å². The number of fused-ring (bicyclic) bond motifs is 1. The maximum atomic E-state index is 12.2. The van der Waals surface area contributed by atoms with Crippen LogP contribution < -0.4 is 10.1 Å². The van der Waals surface area contributed by atoms with Crippen LogP contribution in [0.25, 0.3) is 11.0 Å². The molecule has 0 aliphatic heterocycles. The number of nitrogens with one attached hydrogen (secondary N) is 1. The Bertz CT molecular complexity index is 948. The molecule has 27 heavy (non-hydrogen) atoms. The minimum absolute atomic E-state index is 0.0833. The number of carbonyl (C=O) groups excluding carboxylic acids is 1. The Hall–Kier alpha value is -2.60. The van der Waals surface area contributed by atoms with Crippen molar-refractivity contribution < 1.29 is 9.53 Å². The third-order valence-corrected chi connectivity index (χ3v) is 4.53. The molecule has 0 aliphatic carbocycles. The lowest BCUT2D eigenvalue weighted by molar-refractivity contribution is 0.0953. The zero-order chi connectivity index (χ0) is 19.2. The van der Waals surface area contributed by atoms with E-state index in [-0.39, 0.29) is 5.91 Å². The second-order valence-corrected chi connectivity index (χ2v) is 7.33. The zero-order valence-corrected chi connectivity index (χ0v) is 16.8. The molecule has 0 radical (unpaired) electrons. The van der Waals surface area contributed by atoms with Crippen LogP contribution in [0, 0.1) is 0 Å². The number of aromatic nitrogens is 2. The lowest BCUT2D eigenvalue weighted by atomic mass is 10.2. The zero-order valence-electron chi connectivity index (χ0n) is 15.2. The van der Waals surface area contributed by atoms with E-state index in [1.807, 2.05) is 18.2 Å². The number of methoxy groups -OCH3 is 1. The van der Waals surface area contributed by atoms with E-state index in [2.05, 4.69) is 38.5 Å². The minimum atomic E-state index is -0.0833. The predicted octanol–water partition coefficient (Wildman–Crippen LogP) is 4.32. The number of imidazole rings is 1. The van der Waals surface area contributed by atoms with Crippen LogP contribution in [0.4, 0.5) is 0 Å². The van der Waals surface area contributed by atoms with Gasteiger partial charge in [-0.1, -0.05) is 34.6 Å². The Balaban J connectivity index is 1.60. The summed E-state index contributed by atoms with van der Waals surface area (Å²) >= 11 is 3.44. The summed E-state index contributed by atoms with van der Waals surface area (Å²) < 4.78 is 8.18. The van der Waals surface area contributed by atoms with Crippen molar-refractivity contribution in [1.29, 1.82) is 0 Å². The Labute approximate surface area is 167 Å². The number of hydrogen-bond acceptors (Lipinski definition) is 3. The first-order valence-electron chi connectivity index (χ1n) is 8.78. The van der Waals surface area contributed by atoms with Crippen LogP contribution in [0.3, 0.4) is 0 Å². The molecule has 0 fully saturated rings. The Kier molecular flexibility index (Phi) is 6.29. The molecule has 0 saturated heterocycles. The molecule has 0 atom stereocenters. The van der Waals surface area contributed by atoms with Crippen molar-refractivity contribution in [3.05, 3.63) is 71.0 Å². The number of rotatable bonds is 8. The smallest absolute Gasteiger partial charge is 0.251 e. The summed E-state index contributed by atoms with van der Waals surface area (Å²) in [6.45, 7) is 5.21. The summed E-state index contributed by atoms with van der Waals surface area (Å²) in [4.78, 5) is 17.0. The summed E-state index contributed by atoms with van der Waals surface area (Å²) in [5, 5.41) is 2.96. The van der Waals surface area contributed by atoms with Crippen molar-refractivity contribution in [2.24, 2.45) is 0 Å². The van der Waals surface area contributed by atoms with Gasteiger partial charge in [-0.05, 0) is 42.8 Å². The highest BCUT2D eigenvalue weighted by molar-refractivity contribution is 9.11. The van der Waals surface area contributed by atoms with E-state index in [0.29, 0.717) is 18.7 Å². The molecule has 0 saturated carbocycles. The first kappa shape index (κ1) is 19.2. The fraction of sp³-hybridized carbons (Fsp3) is 0.238. The Morgan fingerprint density at radius 3 is 2.67 bits per heavy atom. The second-order valence-electron chi connectivity index (χ2n) is 6.21. The first-order valence-corrected chi connectivity index (χ1v) is 9.57. The molecule has 0 bridgehead atoms. The maximum Gasteiger partial charge on any atom is 0.251 e. The molecule has 6 heteroatoms. The largest absolute Gasteiger partial charge is 0.497 e. The number of nitrogens with zero attached hydrogens (tertiary/aromatic N) is 2. The molecule has 3 aromatic rings. The highest BCUT2D eigenvalue weighted by Gasteiger charge is 2.11. The lowest BCUT2D eigenvalue weighted by Gasteiger charge is -2.09. The van der Waals surface area contributed by atoms with Gasteiger partial charge in [0.25, 0.3) is 5.91 Å². The maximum absolute atomic E-state index is 12.2. The number of benzene rings is 2. The number of amides is 1. The molecule has 0 aliphatic rings. The van der Waals surface area contributed by atoms with Crippen LogP contribution in [0.15, 0.2) is 59.6 Å². The fourth-order valence-electron chi connectivity index (χ4n) is 2.96. The van der Waals surface area contributed by atoms with Gasteiger partial charge in [-0.2, -0.15) is 0 Å². The van der Waals surface area contributed by atoms with Crippen LogP contribution >= 0.6 is 15.9 Å². The monoisotopic (exact) mass is 427 g/mol. The van der Waals surface area contributed by atoms with Gasteiger partial charge in [0.2, 0.25) is 0 Å². The second kappa shape index (κ2) is 8.86. The van der Waals surface area contributed by atoms with E-state index in [1.54, 1.807) is 31.4 Å². The average molecular weight is 428 g/mol. The van der Waals surface area contributed by atoms with Gasteiger partial charge in [-0.15, -0.1) is 0 Å². The molecule has 1 heterocycles. The molecular formula is C21H22BrN3O2. The topological polar surface area (TPSA) is 56.2 Å². The van der Waals surface area contributed by atoms with Gasteiger partial charge in [0, 0.05) is 23.0 Å². The molecular weight excluding hydrogens is 406 g/mol. The molecule has 5 nitrogen and oxygen atoms in total. The van der Waals surface area contributed by atoms with Gasteiger partial charge in [0.15, 0.2) is 0 Å². The number of carbonyl (C=O) groups is 1. The molecule has 1 N–H and O–H groups in total. The summed E-state index contributed by atoms with van der Waals surface area (Å²) in [5.74, 6) is 1.65. The molecule has 0 spiro atoms. The summed E-state index contributed by atoms with van der Waals surface area (Å²) in [5.41, 5.74) is 2.69. The number of para-hydroxylation sites is 2. The van der Waals surface area contributed by atoms with Crippen molar-refractivity contribution in [2.75, 3.05) is 13.7 Å². The summed E-state index contributed by atoms with van der Waals surface area (Å²) in [6, 6.07) is 15.2. The molecule has 140 valence electrons. The van der Waals surface area contributed by atoms with Gasteiger partial charge in [0.05, 0.1) is 24.7 Å². The highest BCUT2D eigenvalue weighted by atomic mass is 79.9. The van der Waals surface area contributed by atoms with E-state index in [4.69, 9.17) is 9.72 Å². The SMILES string of the molecule is C=C(Br)Cn1c(CCCNC(=O)c2ccc(OC)cc2)nc2ccccc21. The molecule has 2 aromatic carbocycles. The Morgan fingerprint density at radius 1 is 1.22 bits per heavy atom. The van der Waals surface area contributed by atoms with Crippen LogP contribution in [0.1, 0.15) is 22.6 Å². The van der Waals surface area contributed by atoms with E-state index >= 15 is 0 Å². The molecule has 3 rings (SSSR count). The number of aryl methyl sites for hydroxylation is 1. The van der Waals surface area contributed by atoms with Crippen LogP contribution in [-0.2, 0) is 13.0 Å². The van der Waals surface area contributed by atoms with Gasteiger partial charge in [0.1, 0.15) is 11.6 Å². The predicted molar refractivity (Wildman–Crippen MR) is 111 cm³/mol. The van der Waals surface area contributed by atoms with E-state index in [0.717, 1.165) is 39.9 Å². The van der Waals surface area contributed by atoms with E-state index in [1.165, 1.54) is 0 Å². The average Bonchev–Trinajstić information content (AvgIpc) is 3.02. The molecule has 1 aromatic heterocycles. The standard InChI is InChI=1S/C21H22BrN3O2/c1-15(22)14-25-19-7-4-3-6-18(19)24-20(25)8-5-13-23-21(26)16-9-11-17(27-2)12-10-16/h3-4,6-7,9-12H,1,5,8,13-14H2,2H3,(H,23,26). The van der Waals surface area contributed by atoms with E-state index < -0.39 is 0 Å². The highest BCUT2D eigenvalue weighted by Crippen LogP contribution is 2.20. The van der Waals surface area contributed by atoms with Crippen LogP contribution in [0.5, 0.6) is 5.75 Å². The van der Waals surface area contributed by atoms with Gasteiger partial charge in [-0.25, -0.2) is 4.98 Å². The quantitative estimate of drug-likeness (QED) is 0.544. The van der Waals surface area contributed by atoms with Gasteiger partial charge < -0.3 is 14.6 Å². The van der Waals surface area contributed by atoms with Crippen molar-refractivity contribution in [3.8, 4) is 5.75 Å². The minimum Gasteiger partial charge on any atom is -0.497 e. The normalized spacial score (nSPS) is 10.7. The molecule has 1 amide bonds. The number of halogens is 1. The van der Waals surface area contributed by atoms with Crippen molar-refractivity contribution in [2.45, 2.75) is 19.4 Å². The number of ether oxygens (including phenoxy) is 1. The Morgan fingerprint density at radius 2 is 1.96 bits per heavy atom. The molecule has 0 unspecified atom stereocenters. The number of hydrogen-bond donors (Lipinski definition) is 1. The first-order chi connectivity index (χ1) is 13.1. The fourth-order valence-corrected chi connectivity index (χ4v) is 3.21. The van der Waals surface area contributed by atoms with Crippen molar-refractivity contribution in [1.82, 2.24) is 14.9 Å². The summed E-state index contributed by atoms with van der Waals surface area (Å²) in [6.07, 6.45) is 1.58. The van der Waals surface area contributed by atoms with Crippen molar-refractivity contribution in [3.63, 3.8) is 0 Å². The van der Waals surface area contributed by atoms with Gasteiger partial charge in [-0.3, -0.25) is 4.79 Å². The third kappa shape index (κ3) is 4.77. The van der Waals surface area contributed by atoms with Crippen LogP contribution in [0.2, 0.25) is 0 Å². The lowest BCUT2D eigenvalue weighted by Crippen LogP contribution is -2.25. The van der Waals surface area contributed by atoms with E-state index in [9.17, 15) is 4.79 Å². The number of allylic oxidation sites excluding steroid dienone is 1. The van der Waals surface area contributed by atoms with Crippen molar-refractivity contribution >= 4 is 32.9 Å². The third-order valence-electron chi connectivity index (χ3n) is 4.28. The van der Waals surface area contributed by atoms with Gasteiger partial charge >= 0.3 is 0 Å². The summed E-state index contributed by atoms with van der Waals surface area (Å²) in [7, 11) is 1.60.